The summed E-state index contributed by atoms with van der Waals surface area (Å²) < 4.78 is 47.5. The minimum absolute atomic E-state index is 0.251. The van der Waals surface area contributed by atoms with E-state index in [0.717, 1.165) is 36.3 Å². The molecule has 0 atom stereocenters. The molecule has 2 aromatic carbocycles. The lowest BCUT2D eigenvalue weighted by atomic mass is 10.2. The zero-order chi connectivity index (χ0) is 26.5. The van der Waals surface area contributed by atoms with Crippen molar-refractivity contribution in [2.24, 2.45) is 0 Å². The first kappa shape index (κ1) is 25.0. The van der Waals surface area contributed by atoms with E-state index in [0.29, 0.717) is 23.7 Å². The van der Waals surface area contributed by atoms with E-state index in [1.807, 2.05) is 10.8 Å². The number of benzene rings is 2. The SMILES string of the molecule is O=C(Nc1ccc(C(F)(F)F)cc1)n1ccc2cc(Oc3cc(CNCCn4ccnc4)ncn3)ccc21. The molecule has 3 heterocycles. The van der Waals surface area contributed by atoms with Gasteiger partial charge in [0.2, 0.25) is 5.88 Å². The maximum Gasteiger partial charge on any atom is 0.416 e. The Hall–Kier alpha value is -4.71. The molecule has 38 heavy (non-hydrogen) atoms. The molecule has 0 aliphatic rings. The molecule has 5 rings (SSSR count). The van der Waals surface area contributed by atoms with Gasteiger partial charge in [0.05, 0.1) is 23.1 Å². The first-order valence-electron chi connectivity index (χ1n) is 11.6. The Kier molecular flexibility index (Phi) is 7.05. The van der Waals surface area contributed by atoms with Gasteiger partial charge in [0.15, 0.2) is 0 Å². The number of amides is 1. The fourth-order valence-electron chi connectivity index (χ4n) is 3.78. The van der Waals surface area contributed by atoms with Gasteiger partial charge in [-0.2, -0.15) is 13.2 Å². The molecule has 3 aromatic heterocycles. The molecule has 0 fully saturated rings. The number of rotatable bonds is 8. The lowest BCUT2D eigenvalue weighted by molar-refractivity contribution is -0.137. The van der Waals surface area contributed by atoms with Crippen LogP contribution in [0.1, 0.15) is 11.3 Å². The summed E-state index contributed by atoms with van der Waals surface area (Å²) in [5.74, 6) is 0.904. The van der Waals surface area contributed by atoms with Gasteiger partial charge in [0.1, 0.15) is 12.1 Å². The number of fused-ring (bicyclic) bond motifs is 1. The van der Waals surface area contributed by atoms with Crippen LogP contribution in [0.25, 0.3) is 10.9 Å². The molecule has 0 radical (unpaired) electrons. The topological polar surface area (TPSA) is 98.9 Å². The number of alkyl halides is 3. The summed E-state index contributed by atoms with van der Waals surface area (Å²) in [6, 6.07) is 12.4. The van der Waals surface area contributed by atoms with Crippen LogP contribution in [-0.2, 0) is 19.3 Å². The normalized spacial score (nSPS) is 11.6. The zero-order valence-corrected chi connectivity index (χ0v) is 19.9. The van der Waals surface area contributed by atoms with Gasteiger partial charge < -0.3 is 19.9 Å². The van der Waals surface area contributed by atoms with Crippen LogP contribution in [0.4, 0.5) is 23.7 Å². The van der Waals surface area contributed by atoms with E-state index >= 15 is 0 Å². The molecule has 9 nitrogen and oxygen atoms in total. The number of carbonyl (C=O) groups excluding carboxylic acids is 1. The van der Waals surface area contributed by atoms with Crippen molar-refractivity contribution in [1.82, 2.24) is 29.4 Å². The summed E-state index contributed by atoms with van der Waals surface area (Å²) in [7, 11) is 0. The van der Waals surface area contributed by atoms with Crippen molar-refractivity contribution in [3.63, 3.8) is 0 Å². The highest BCUT2D eigenvalue weighted by Crippen LogP contribution is 2.30. The third-order valence-electron chi connectivity index (χ3n) is 5.68. The maximum absolute atomic E-state index is 12.8. The van der Waals surface area contributed by atoms with Gasteiger partial charge in [-0.1, -0.05) is 0 Å². The van der Waals surface area contributed by atoms with Crippen LogP contribution in [0.5, 0.6) is 11.6 Å². The van der Waals surface area contributed by atoms with Gasteiger partial charge in [-0.25, -0.2) is 19.7 Å². The van der Waals surface area contributed by atoms with E-state index in [-0.39, 0.29) is 5.69 Å². The molecule has 2 N–H and O–H groups in total. The number of nitrogens with one attached hydrogen (secondary N) is 2. The average Bonchev–Trinajstić information content (AvgIpc) is 3.57. The Morgan fingerprint density at radius 1 is 1.00 bits per heavy atom. The molecule has 0 saturated carbocycles. The molecule has 0 bridgehead atoms. The van der Waals surface area contributed by atoms with E-state index in [2.05, 4.69) is 25.6 Å². The number of imidazole rings is 1. The predicted octanol–water partition coefficient (Wildman–Crippen LogP) is 5.31. The molecular formula is C26H22F3N7O2. The van der Waals surface area contributed by atoms with Crippen LogP contribution in [0.15, 0.2) is 85.8 Å². The molecule has 0 aliphatic carbocycles. The number of hydrogen-bond donors (Lipinski definition) is 2. The molecule has 12 heteroatoms. The zero-order valence-electron chi connectivity index (χ0n) is 19.9. The van der Waals surface area contributed by atoms with Gasteiger partial charge in [-0.3, -0.25) is 4.57 Å². The second-order valence-corrected chi connectivity index (χ2v) is 8.34. The lowest BCUT2D eigenvalue weighted by Gasteiger charge is -2.10. The van der Waals surface area contributed by atoms with Gasteiger partial charge in [0.25, 0.3) is 0 Å². The molecule has 0 spiro atoms. The van der Waals surface area contributed by atoms with Crippen LogP contribution in [0.2, 0.25) is 0 Å². The fraction of sp³-hybridized carbons (Fsp3) is 0.154. The van der Waals surface area contributed by atoms with Crippen molar-refractivity contribution in [2.75, 3.05) is 11.9 Å². The smallest absolute Gasteiger partial charge is 0.416 e. The highest BCUT2D eigenvalue weighted by Gasteiger charge is 2.30. The minimum atomic E-state index is -4.44. The summed E-state index contributed by atoms with van der Waals surface area (Å²) in [4.78, 5) is 25.2. The van der Waals surface area contributed by atoms with Crippen LogP contribution < -0.4 is 15.4 Å². The number of ether oxygens (including phenoxy) is 1. The first-order valence-corrected chi connectivity index (χ1v) is 11.6. The molecule has 0 saturated heterocycles. The molecule has 5 aromatic rings. The third kappa shape index (κ3) is 5.98. The van der Waals surface area contributed by atoms with E-state index < -0.39 is 17.8 Å². The van der Waals surface area contributed by atoms with Crippen LogP contribution in [0.3, 0.4) is 0 Å². The number of carbonyl (C=O) groups is 1. The Morgan fingerprint density at radius 2 is 1.84 bits per heavy atom. The standard InChI is InChI=1S/C26H22F3N7O2/c27-26(28,29)19-1-3-20(4-2-19)34-25(37)36-10-7-18-13-22(5-6-23(18)36)38-24-14-21(32-16-33-24)15-30-8-11-35-12-9-31-17-35/h1-7,9-10,12-14,16-17,30H,8,11,15H2,(H,34,37). The second-order valence-electron chi connectivity index (χ2n) is 8.34. The second kappa shape index (κ2) is 10.7. The monoisotopic (exact) mass is 521 g/mol. The quantitative estimate of drug-likeness (QED) is 0.269. The Bertz CT molecular complexity index is 1530. The highest BCUT2D eigenvalue weighted by molar-refractivity contribution is 5.98. The van der Waals surface area contributed by atoms with E-state index in [1.54, 1.807) is 49.1 Å². The van der Waals surface area contributed by atoms with Crippen LogP contribution in [-0.4, -0.2) is 36.7 Å². The summed E-state index contributed by atoms with van der Waals surface area (Å²) in [5.41, 5.74) is 0.840. The molecule has 0 aliphatic heterocycles. The van der Waals surface area contributed by atoms with E-state index in [4.69, 9.17) is 4.74 Å². The van der Waals surface area contributed by atoms with Crippen LogP contribution >= 0.6 is 0 Å². The highest BCUT2D eigenvalue weighted by atomic mass is 19.4. The number of nitrogens with zero attached hydrogens (tertiary/aromatic N) is 5. The summed E-state index contributed by atoms with van der Waals surface area (Å²) >= 11 is 0. The van der Waals surface area contributed by atoms with Crippen molar-refractivity contribution in [3.8, 4) is 11.6 Å². The minimum Gasteiger partial charge on any atom is -0.439 e. The third-order valence-corrected chi connectivity index (χ3v) is 5.68. The number of hydrogen-bond acceptors (Lipinski definition) is 6. The Labute approximate surface area is 214 Å². The Morgan fingerprint density at radius 3 is 2.61 bits per heavy atom. The number of halogens is 3. The van der Waals surface area contributed by atoms with Crippen molar-refractivity contribution in [2.45, 2.75) is 19.3 Å². The lowest BCUT2D eigenvalue weighted by Crippen LogP contribution is -2.19. The summed E-state index contributed by atoms with van der Waals surface area (Å²) in [5, 5.41) is 6.65. The van der Waals surface area contributed by atoms with Crippen molar-refractivity contribution in [3.05, 3.63) is 97.1 Å². The van der Waals surface area contributed by atoms with Gasteiger partial charge in [0, 0.05) is 55.4 Å². The molecule has 1 amide bonds. The van der Waals surface area contributed by atoms with Gasteiger partial charge in [-0.15, -0.1) is 0 Å². The summed E-state index contributed by atoms with van der Waals surface area (Å²) in [6.07, 6.45) is 3.96. The number of anilines is 1. The largest absolute Gasteiger partial charge is 0.439 e. The summed E-state index contributed by atoms with van der Waals surface area (Å²) in [6.45, 7) is 2.08. The number of aromatic nitrogens is 5. The van der Waals surface area contributed by atoms with E-state index in [9.17, 15) is 18.0 Å². The van der Waals surface area contributed by atoms with Gasteiger partial charge in [-0.05, 0) is 48.5 Å². The average molecular weight is 522 g/mol. The molecule has 194 valence electrons. The van der Waals surface area contributed by atoms with Gasteiger partial charge >= 0.3 is 12.2 Å². The molecular weight excluding hydrogens is 499 g/mol. The maximum atomic E-state index is 12.8. The van der Waals surface area contributed by atoms with Crippen molar-refractivity contribution < 1.29 is 22.7 Å². The van der Waals surface area contributed by atoms with Crippen molar-refractivity contribution >= 4 is 22.6 Å². The first-order chi connectivity index (χ1) is 18.3. The molecule has 0 unspecified atom stereocenters. The fourth-order valence-corrected chi connectivity index (χ4v) is 3.78. The van der Waals surface area contributed by atoms with E-state index in [1.165, 1.54) is 23.0 Å². The van der Waals surface area contributed by atoms with Crippen LogP contribution in [0, 0.1) is 0 Å². The Balaban J connectivity index is 1.21. The predicted molar refractivity (Wildman–Crippen MR) is 134 cm³/mol. The van der Waals surface area contributed by atoms with Crippen molar-refractivity contribution in [1.29, 1.82) is 0 Å².